The molecule has 2 rings (SSSR count). The van der Waals surface area contributed by atoms with Crippen LogP contribution in [0.4, 0.5) is 0 Å². The van der Waals surface area contributed by atoms with Gasteiger partial charge in [-0.15, -0.1) is 0 Å². The van der Waals surface area contributed by atoms with Crippen LogP contribution in [0.3, 0.4) is 0 Å². The van der Waals surface area contributed by atoms with E-state index in [2.05, 4.69) is 13.0 Å². The van der Waals surface area contributed by atoms with Gasteiger partial charge in [0.25, 0.3) is 0 Å². The molecule has 1 aliphatic carbocycles. The molecule has 1 fully saturated rings. The molecule has 0 N–H and O–H groups in total. The molecule has 1 nitrogen and oxygen atoms in total. The molecule has 13 heavy (non-hydrogen) atoms. The normalized spacial score (nSPS) is 16.7. The quantitative estimate of drug-likeness (QED) is 0.687. The molecular weight excluding hydrogens is 160 g/mol. The molecule has 0 heterocycles. The van der Waals surface area contributed by atoms with Gasteiger partial charge < -0.3 is 4.74 Å². The van der Waals surface area contributed by atoms with Gasteiger partial charge >= 0.3 is 0 Å². The minimum Gasteiger partial charge on any atom is -0.493 e. The first kappa shape index (κ1) is 8.61. The Morgan fingerprint density at radius 1 is 1.31 bits per heavy atom. The first-order valence-electron chi connectivity index (χ1n) is 5.04. The summed E-state index contributed by atoms with van der Waals surface area (Å²) in [6.45, 7) is 3.00. The van der Waals surface area contributed by atoms with Gasteiger partial charge in [-0.25, -0.2) is 0 Å². The Labute approximate surface area is 79.7 Å². The van der Waals surface area contributed by atoms with Crippen LogP contribution >= 0.6 is 0 Å². The molecule has 1 aromatic carbocycles. The van der Waals surface area contributed by atoms with E-state index in [0.29, 0.717) is 0 Å². The Bertz CT molecular complexity index is 276. The third kappa shape index (κ3) is 2.03. The summed E-state index contributed by atoms with van der Waals surface area (Å²) in [4.78, 5) is 0. The van der Waals surface area contributed by atoms with E-state index >= 15 is 0 Å². The van der Waals surface area contributed by atoms with E-state index in [9.17, 15) is 0 Å². The molecule has 70 valence electrons. The molecule has 0 radical (unpaired) electrons. The van der Waals surface area contributed by atoms with Gasteiger partial charge in [0.2, 0.25) is 0 Å². The van der Waals surface area contributed by atoms with E-state index in [1.807, 2.05) is 18.2 Å². The summed E-state index contributed by atoms with van der Waals surface area (Å²) in [6.07, 6.45) is 4.10. The number of rotatable bonds is 3. The van der Waals surface area contributed by atoms with Gasteiger partial charge in [0.05, 0.1) is 6.61 Å². The Kier molecular flexibility index (Phi) is 2.53. The van der Waals surface area contributed by atoms with Crippen molar-refractivity contribution < 1.29 is 4.74 Å². The monoisotopic (exact) mass is 176 g/mol. The highest BCUT2D eigenvalue weighted by atomic mass is 16.5. The maximum absolute atomic E-state index is 5.74. The van der Waals surface area contributed by atoms with Crippen molar-refractivity contribution in [3.63, 3.8) is 0 Å². The van der Waals surface area contributed by atoms with Crippen LogP contribution in [0, 0.1) is 12.8 Å². The van der Waals surface area contributed by atoms with Crippen molar-refractivity contribution in [2.45, 2.75) is 26.2 Å². The van der Waals surface area contributed by atoms with Crippen molar-refractivity contribution >= 4 is 0 Å². The number of aryl methyl sites for hydroxylation is 1. The highest BCUT2D eigenvalue weighted by molar-refractivity contribution is 5.31. The number of hydrogen-bond donors (Lipinski definition) is 0. The fraction of sp³-hybridized carbons (Fsp3) is 0.500. The van der Waals surface area contributed by atoms with E-state index in [1.165, 1.54) is 24.8 Å². The van der Waals surface area contributed by atoms with E-state index in [1.54, 1.807) is 0 Å². The second-order valence-electron chi connectivity index (χ2n) is 3.87. The third-order valence-electron chi connectivity index (χ3n) is 2.79. The lowest BCUT2D eigenvalue weighted by Crippen LogP contribution is -2.19. The Morgan fingerprint density at radius 2 is 2.08 bits per heavy atom. The number of para-hydroxylation sites is 1. The topological polar surface area (TPSA) is 9.23 Å². The molecule has 0 aromatic heterocycles. The molecule has 0 unspecified atom stereocenters. The lowest BCUT2D eigenvalue weighted by molar-refractivity contribution is 0.180. The van der Waals surface area contributed by atoms with Crippen molar-refractivity contribution in [1.29, 1.82) is 0 Å². The van der Waals surface area contributed by atoms with Gasteiger partial charge in [0.15, 0.2) is 0 Å². The van der Waals surface area contributed by atoms with Crippen LogP contribution in [0.25, 0.3) is 0 Å². The van der Waals surface area contributed by atoms with Crippen LogP contribution in [0.2, 0.25) is 0 Å². The predicted octanol–water partition coefficient (Wildman–Crippen LogP) is 3.17. The molecule has 0 atom stereocenters. The smallest absolute Gasteiger partial charge is 0.122 e. The molecular formula is C12H16O. The molecule has 0 spiro atoms. The average molecular weight is 176 g/mol. The molecule has 0 saturated heterocycles. The highest BCUT2D eigenvalue weighted by Gasteiger charge is 2.17. The van der Waals surface area contributed by atoms with Crippen LogP contribution < -0.4 is 4.74 Å². The standard InChI is InChI=1S/C12H16O/c1-10-5-2-3-8-12(10)13-9-11-6-4-7-11/h2-3,5,8,11H,4,6-7,9H2,1H3. The Morgan fingerprint density at radius 3 is 2.69 bits per heavy atom. The summed E-state index contributed by atoms with van der Waals surface area (Å²) in [5.74, 6) is 1.87. The van der Waals surface area contributed by atoms with Crippen LogP contribution in [0.15, 0.2) is 24.3 Å². The summed E-state index contributed by atoms with van der Waals surface area (Å²) < 4.78 is 5.74. The lowest BCUT2D eigenvalue weighted by atomic mass is 9.86. The molecule has 1 heteroatoms. The predicted molar refractivity (Wildman–Crippen MR) is 54.0 cm³/mol. The third-order valence-corrected chi connectivity index (χ3v) is 2.79. The average Bonchev–Trinajstić information content (AvgIpc) is 2.05. The summed E-state index contributed by atoms with van der Waals surface area (Å²) in [6, 6.07) is 8.22. The zero-order valence-electron chi connectivity index (χ0n) is 8.12. The van der Waals surface area contributed by atoms with Crippen molar-refractivity contribution in [1.82, 2.24) is 0 Å². The van der Waals surface area contributed by atoms with Gasteiger partial charge in [-0.1, -0.05) is 24.6 Å². The zero-order valence-corrected chi connectivity index (χ0v) is 8.12. The van der Waals surface area contributed by atoms with Gasteiger partial charge in [-0.05, 0) is 37.3 Å². The number of ether oxygens (including phenoxy) is 1. The van der Waals surface area contributed by atoms with Crippen molar-refractivity contribution in [2.24, 2.45) is 5.92 Å². The SMILES string of the molecule is Cc1ccccc1OCC1CCC1. The van der Waals surface area contributed by atoms with Crippen LogP contribution in [0.1, 0.15) is 24.8 Å². The highest BCUT2D eigenvalue weighted by Crippen LogP contribution is 2.27. The van der Waals surface area contributed by atoms with Gasteiger partial charge in [-0.3, -0.25) is 0 Å². The van der Waals surface area contributed by atoms with Gasteiger partial charge in [0.1, 0.15) is 5.75 Å². The largest absolute Gasteiger partial charge is 0.493 e. The molecule has 1 aromatic rings. The number of benzene rings is 1. The second kappa shape index (κ2) is 3.82. The summed E-state index contributed by atoms with van der Waals surface area (Å²) in [7, 11) is 0. The second-order valence-corrected chi connectivity index (χ2v) is 3.87. The fourth-order valence-corrected chi connectivity index (χ4v) is 1.59. The van der Waals surface area contributed by atoms with Crippen LogP contribution in [0.5, 0.6) is 5.75 Å². The summed E-state index contributed by atoms with van der Waals surface area (Å²) in [5.41, 5.74) is 1.24. The Balaban J connectivity index is 1.89. The molecule has 1 saturated carbocycles. The van der Waals surface area contributed by atoms with Crippen molar-refractivity contribution in [2.75, 3.05) is 6.61 Å². The van der Waals surface area contributed by atoms with E-state index in [4.69, 9.17) is 4.74 Å². The lowest BCUT2D eigenvalue weighted by Gasteiger charge is -2.25. The first-order chi connectivity index (χ1) is 6.36. The van der Waals surface area contributed by atoms with E-state index in [0.717, 1.165) is 18.3 Å². The minimum absolute atomic E-state index is 0.819. The van der Waals surface area contributed by atoms with Crippen molar-refractivity contribution in [3.05, 3.63) is 29.8 Å². The molecule has 0 aliphatic heterocycles. The maximum atomic E-state index is 5.74. The summed E-state index contributed by atoms with van der Waals surface area (Å²) >= 11 is 0. The van der Waals surface area contributed by atoms with Gasteiger partial charge in [0, 0.05) is 0 Å². The maximum Gasteiger partial charge on any atom is 0.122 e. The summed E-state index contributed by atoms with van der Waals surface area (Å²) in [5, 5.41) is 0. The fourth-order valence-electron chi connectivity index (χ4n) is 1.59. The zero-order chi connectivity index (χ0) is 9.10. The van der Waals surface area contributed by atoms with Crippen LogP contribution in [-0.4, -0.2) is 6.61 Å². The van der Waals surface area contributed by atoms with E-state index < -0.39 is 0 Å². The first-order valence-corrected chi connectivity index (χ1v) is 5.04. The van der Waals surface area contributed by atoms with Crippen LogP contribution in [-0.2, 0) is 0 Å². The van der Waals surface area contributed by atoms with Gasteiger partial charge in [-0.2, -0.15) is 0 Å². The molecule has 1 aliphatic rings. The molecule has 0 bridgehead atoms. The minimum atomic E-state index is 0.819. The Hall–Kier alpha value is -0.980. The van der Waals surface area contributed by atoms with E-state index in [-0.39, 0.29) is 0 Å². The van der Waals surface area contributed by atoms with Crippen molar-refractivity contribution in [3.8, 4) is 5.75 Å². The number of hydrogen-bond acceptors (Lipinski definition) is 1. The molecule has 0 amide bonds.